The molecule has 0 bridgehead atoms. The maximum atomic E-state index is 6.61. The van der Waals surface area contributed by atoms with Crippen LogP contribution in [-0.4, -0.2) is 24.4 Å². The summed E-state index contributed by atoms with van der Waals surface area (Å²) in [6.45, 7) is 0. The van der Waals surface area contributed by atoms with E-state index in [4.69, 9.17) is 32.7 Å². The molecule has 1 aliphatic carbocycles. The van der Waals surface area contributed by atoms with Crippen LogP contribution in [0.4, 0.5) is 11.5 Å². The van der Waals surface area contributed by atoms with Crippen LogP contribution in [0.3, 0.4) is 0 Å². The number of hydrogen-bond acceptors (Lipinski definition) is 4. The second kappa shape index (κ2) is 7.94. The number of rotatable bonds is 5. The number of anilines is 2. The molecule has 2 aromatic carbocycles. The number of aromatic amines is 1. The molecule has 3 aromatic rings. The Hall–Kier alpha value is -2.37. The lowest BCUT2D eigenvalue weighted by atomic mass is 9.82. The predicted octanol–water partition coefficient (Wildman–Crippen LogP) is 5.75. The minimum absolute atomic E-state index is 0.154. The molecule has 0 saturated carbocycles. The zero-order chi connectivity index (χ0) is 19.7. The molecule has 146 valence electrons. The summed E-state index contributed by atoms with van der Waals surface area (Å²) in [5.41, 5.74) is 4.20. The summed E-state index contributed by atoms with van der Waals surface area (Å²) in [7, 11) is 3.18. The third-order valence-corrected chi connectivity index (χ3v) is 5.98. The van der Waals surface area contributed by atoms with Gasteiger partial charge < -0.3 is 14.8 Å². The van der Waals surface area contributed by atoms with Gasteiger partial charge in [0.25, 0.3) is 0 Å². The quantitative estimate of drug-likeness (QED) is 0.554. The molecule has 1 heterocycles. The number of para-hydroxylation sites is 1. The molecular formula is C21H21Cl2N3O2. The van der Waals surface area contributed by atoms with Crippen molar-refractivity contribution in [3.63, 3.8) is 0 Å². The van der Waals surface area contributed by atoms with Gasteiger partial charge in [0.2, 0.25) is 0 Å². The average molecular weight is 418 g/mol. The summed E-state index contributed by atoms with van der Waals surface area (Å²) < 4.78 is 10.8. The van der Waals surface area contributed by atoms with Crippen molar-refractivity contribution in [1.29, 1.82) is 0 Å². The van der Waals surface area contributed by atoms with Crippen molar-refractivity contribution in [2.45, 2.75) is 25.2 Å². The minimum atomic E-state index is 0.154. The normalized spacial score (nSPS) is 15.8. The van der Waals surface area contributed by atoms with E-state index in [1.807, 2.05) is 30.3 Å². The number of fused-ring (bicyclic) bond motifs is 1. The number of methoxy groups -OCH3 is 2. The van der Waals surface area contributed by atoms with Crippen LogP contribution in [0.15, 0.2) is 36.4 Å². The van der Waals surface area contributed by atoms with Crippen LogP contribution in [0.2, 0.25) is 10.0 Å². The van der Waals surface area contributed by atoms with Crippen molar-refractivity contribution in [3.05, 3.63) is 63.3 Å². The maximum Gasteiger partial charge on any atom is 0.155 e. The van der Waals surface area contributed by atoms with Crippen molar-refractivity contribution >= 4 is 34.7 Å². The van der Waals surface area contributed by atoms with Gasteiger partial charge in [-0.1, -0.05) is 41.4 Å². The van der Waals surface area contributed by atoms with Crippen LogP contribution in [-0.2, 0) is 12.8 Å². The summed E-state index contributed by atoms with van der Waals surface area (Å²) in [6, 6.07) is 11.8. The summed E-state index contributed by atoms with van der Waals surface area (Å²) in [5, 5.41) is 12.1. The number of nitrogens with one attached hydrogen (secondary N) is 2. The van der Waals surface area contributed by atoms with E-state index in [0.29, 0.717) is 21.5 Å². The molecule has 0 aliphatic heterocycles. The summed E-state index contributed by atoms with van der Waals surface area (Å²) in [4.78, 5) is 0. The maximum absolute atomic E-state index is 6.61. The molecular weight excluding hydrogens is 397 g/mol. The number of halogens is 2. The van der Waals surface area contributed by atoms with E-state index in [1.54, 1.807) is 20.3 Å². The third-order valence-electron chi connectivity index (χ3n) is 5.20. The number of aromatic nitrogens is 2. The molecule has 0 spiro atoms. The zero-order valence-corrected chi connectivity index (χ0v) is 17.2. The van der Waals surface area contributed by atoms with Crippen LogP contribution in [0, 0.1) is 0 Å². The predicted molar refractivity (Wildman–Crippen MR) is 113 cm³/mol. The van der Waals surface area contributed by atoms with E-state index in [9.17, 15) is 0 Å². The van der Waals surface area contributed by atoms with Gasteiger partial charge in [0.15, 0.2) is 5.82 Å². The van der Waals surface area contributed by atoms with E-state index >= 15 is 0 Å². The molecule has 28 heavy (non-hydrogen) atoms. The van der Waals surface area contributed by atoms with Crippen molar-refractivity contribution in [2.24, 2.45) is 0 Å². The molecule has 0 amide bonds. The monoisotopic (exact) mass is 417 g/mol. The fourth-order valence-electron chi connectivity index (χ4n) is 3.78. The van der Waals surface area contributed by atoms with E-state index in [0.717, 1.165) is 42.0 Å². The highest BCUT2D eigenvalue weighted by atomic mass is 35.5. The van der Waals surface area contributed by atoms with E-state index in [2.05, 4.69) is 15.5 Å². The Morgan fingerprint density at radius 3 is 2.39 bits per heavy atom. The van der Waals surface area contributed by atoms with Gasteiger partial charge in [0.1, 0.15) is 11.5 Å². The third kappa shape index (κ3) is 3.40. The molecule has 5 nitrogen and oxygen atoms in total. The molecule has 1 atom stereocenters. The molecule has 7 heteroatoms. The largest absolute Gasteiger partial charge is 0.495 e. The Morgan fingerprint density at radius 1 is 1.07 bits per heavy atom. The Morgan fingerprint density at radius 2 is 1.75 bits per heavy atom. The molecule has 0 saturated heterocycles. The van der Waals surface area contributed by atoms with Gasteiger partial charge in [-0.2, -0.15) is 5.10 Å². The van der Waals surface area contributed by atoms with Crippen molar-refractivity contribution in [2.75, 3.05) is 19.5 Å². The lowest BCUT2D eigenvalue weighted by Gasteiger charge is -2.26. The van der Waals surface area contributed by atoms with Crippen LogP contribution < -0.4 is 14.8 Å². The van der Waals surface area contributed by atoms with Crippen molar-refractivity contribution in [3.8, 4) is 11.5 Å². The van der Waals surface area contributed by atoms with Crippen LogP contribution in [0.25, 0.3) is 0 Å². The second-order valence-electron chi connectivity index (χ2n) is 6.78. The SMILES string of the molecule is COc1cc(OC)c(Cl)c(C2CCc3c(Nc4ccccc4)n[nH]c3C2)c1Cl. The Bertz CT molecular complexity index is 961. The van der Waals surface area contributed by atoms with Crippen LogP contribution in [0.1, 0.15) is 29.2 Å². The highest BCUT2D eigenvalue weighted by Crippen LogP contribution is 2.47. The number of H-pyrrole nitrogens is 1. The average Bonchev–Trinajstić information content (AvgIpc) is 3.11. The van der Waals surface area contributed by atoms with E-state index in [1.165, 1.54) is 5.56 Å². The lowest BCUT2D eigenvalue weighted by Crippen LogP contribution is -2.14. The smallest absolute Gasteiger partial charge is 0.155 e. The van der Waals surface area contributed by atoms with Crippen LogP contribution >= 0.6 is 23.2 Å². The standard InChI is InChI=1S/C21H21Cl2N3O2/c1-27-16-11-17(28-2)20(23)18(19(16)22)12-8-9-14-15(10-12)25-26-21(14)24-13-6-4-3-5-7-13/h3-7,11-12H,8-10H2,1-2H3,(H2,24,25,26). The van der Waals surface area contributed by atoms with Gasteiger partial charge in [0.05, 0.1) is 24.3 Å². The highest BCUT2D eigenvalue weighted by Gasteiger charge is 2.30. The first-order valence-electron chi connectivity index (χ1n) is 9.10. The summed E-state index contributed by atoms with van der Waals surface area (Å²) >= 11 is 13.2. The first-order chi connectivity index (χ1) is 13.6. The number of nitrogens with zero attached hydrogens (tertiary/aromatic N) is 1. The van der Waals surface area contributed by atoms with Gasteiger partial charge in [-0.15, -0.1) is 0 Å². The number of ether oxygens (including phenoxy) is 2. The molecule has 2 N–H and O–H groups in total. The minimum Gasteiger partial charge on any atom is -0.495 e. The van der Waals surface area contributed by atoms with Gasteiger partial charge in [0, 0.05) is 28.6 Å². The van der Waals surface area contributed by atoms with Gasteiger partial charge in [-0.3, -0.25) is 5.10 Å². The Kier molecular flexibility index (Phi) is 5.38. The van der Waals surface area contributed by atoms with E-state index < -0.39 is 0 Å². The summed E-state index contributed by atoms with van der Waals surface area (Å²) in [5.74, 6) is 2.17. The summed E-state index contributed by atoms with van der Waals surface area (Å²) in [6.07, 6.45) is 2.55. The molecule has 1 aliphatic rings. The molecule has 0 radical (unpaired) electrons. The van der Waals surface area contributed by atoms with Crippen LogP contribution in [0.5, 0.6) is 11.5 Å². The number of hydrogen-bond donors (Lipinski definition) is 2. The first kappa shape index (κ1) is 19.0. The fourth-order valence-corrected chi connectivity index (χ4v) is 4.59. The topological polar surface area (TPSA) is 59.2 Å². The highest BCUT2D eigenvalue weighted by molar-refractivity contribution is 6.38. The lowest BCUT2D eigenvalue weighted by molar-refractivity contribution is 0.392. The first-order valence-corrected chi connectivity index (χ1v) is 9.86. The van der Waals surface area contributed by atoms with Crippen molar-refractivity contribution < 1.29 is 9.47 Å². The zero-order valence-electron chi connectivity index (χ0n) is 15.7. The molecule has 1 unspecified atom stereocenters. The van der Waals surface area contributed by atoms with Crippen molar-refractivity contribution in [1.82, 2.24) is 10.2 Å². The Labute approximate surface area is 174 Å². The van der Waals surface area contributed by atoms with E-state index in [-0.39, 0.29) is 5.92 Å². The van der Waals surface area contributed by atoms with Gasteiger partial charge >= 0.3 is 0 Å². The Balaban J connectivity index is 1.64. The molecule has 1 aromatic heterocycles. The second-order valence-corrected chi connectivity index (χ2v) is 7.54. The van der Waals surface area contributed by atoms with Gasteiger partial charge in [-0.05, 0) is 37.3 Å². The van der Waals surface area contributed by atoms with Gasteiger partial charge in [-0.25, -0.2) is 0 Å². The molecule has 0 fully saturated rings. The number of benzene rings is 2. The molecule has 4 rings (SSSR count). The fraction of sp³-hybridized carbons (Fsp3) is 0.286.